The number of halogens is 1. The van der Waals surface area contributed by atoms with Crippen LogP contribution in [0.3, 0.4) is 0 Å². The standard InChI is InChI=1S/C13H24ClN3/c1-6-10-12(14)11(17(8-3)16-10)9-15-13(4,5)7-2/h15H,6-9H2,1-5H3. The molecule has 0 saturated heterocycles. The van der Waals surface area contributed by atoms with Gasteiger partial charge < -0.3 is 5.32 Å². The Kier molecular flexibility index (Phi) is 5.02. The fraction of sp³-hybridized carbons (Fsp3) is 0.769. The van der Waals surface area contributed by atoms with E-state index in [9.17, 15) is 0 Å². The lowest BCUT2D eigenvalue weighted by Gasteiger charge is -2.24. The average Bonchev–Trinajstić information content (AvgIpc) is 2.63. The first-order valence-corrected chi connectivity index (χ1v) is 6.82. The van der Waals surface area contributed by atoms with Crippen molar-refractivity contribution in [3.63, 3.8) is 0 Å². The Hall–Kier alpha value is -0.540. The van der Waals surface area contributed by atoms with Crippen molar-refractivity contribution in [2.75, 3.05) is 0 Å². The van der Waals surface area contributed by atoms with Gasteiger partial charge in [-0.2, -0.15) is 5.10 Å². The van der Waals surface area contributed by atoms with Gasteiger partial charge in [-0.3, -0.25) is 4.68 Å². The van der Waals surface area contributed by atoms with Crippen molar-refractivity contribution in [2.24, 2.45) is 0 Å². The second-order valence-electron chi connectivity index (χ2n) is 4.97. The minimum atomic E-state index is 0.137. The van der Waals surface area contributed by atoms with E-state index in [0.717, 1.165) is 42.3 Å². The third-order valence-corrected chi connectivity index (χ3v) is 3.75. The lowest BCUT2D eigenvalue weighted by Crippen LogP contribution is -2.38. The van der Waals surface area contributed by atoms with Crippen LogP contribution in [0, 0.1) is 0 Å². The largest absolute Gasteiger partial charge is 0.306 e. The average molecular weight is 258 g/mol. The Morgan fingerprint density at radius 1 is 1.29 bits per heavy atom. The van der Waals surface area contributed by atoms with Gasteiger partial charge >= 0.3 is 0 Å². The highest BCUT2D eigenvalue weighted by Crippen LogP contribution is 2.22. The molecule has 0 radical (unpaired) electrons. The van der Waals surface area contributed by atoms with Crippen LogP contribution >= 0.6 is 11.6 Å². The molecule has 0 bridgehead atoms. The molecule has 0 aliphatic heterocycles. The summed E-state index contributed by atoms with van der Waals surface area (Å²) >= 11 is 6.36. The summed E-state index contributed by atoms with van der Waals surface area (Å²) < 4.78 is 2.00. The zero-order chi connectivity index (χ0) is 13.1. The number of hydrogen-bond donors (Lipinski definition) is 1. The first kappa shape index (κ1) is 14.5. The topological polar surface area (TPSA) is 29.9 Å². The van der Waals surface area contributed by atoms with Gasteiger partial charge in [0.25, 0.3) is 0 Å². The van der Waals surface area contributed by atoms with Gasteiger partial charge in [0.2, 0.25) is 0 Å². The van der Waals surface area contributed by atoms with E-state index >= 15 is 0 Å². The van der Waals surface area contributed by atoms with E-state index in [1.807, 2.05) is 4.68 Å². The molecule has 0 aromatic carbocycles. The SMILES string of the molecule is CCc1nn(CC)c(CNC(C)(C)CC)c1Cl. The Labute approximate surface area is 110 Å². The fourth-order valence-corrected chi connectivity index (χ4v) is 1.97. The second kappa shape index (κ2) is 5.87. The summed E-state index contributed by atoms with van der Waals surface area (Å²) in [4.78, 5) is 0. The first-order chi connectivity index (χ1) is 7.95. The Bertz CT molecular complexity index is 369. The molecule has 0 aliphatic rings. The van der Waals surface area contributed by atoms with Gasteiger partial charge in [0, 0.05) is 18.6 Å². The number of nitrogens with zero attached hydrogens (tertiary/aromatic N) is 2. The Morgan fingerprint density at radius 3 is 2.41 bits per heavy atom. The van der Waals surface area contributed by atoms with Gasteiger partial charge in [-0.15, -0.1) is 0 Å². The molecule has 4 heteroatoms. The predicted molar refractivity (Wildman–Crippen MR) is 73.5 cm³/mol. The minimum Gasteiger partial charge on any atom is -0.306 e. The maximum atomic E-state index is 6.36. The summed E-state index contributed by atoms with van der Waals surface area (Å²) in [5, 5.41) is 8.88. The van der Waals surface area contributed by atoms with Crippen molar-refractivity contribution in [2.45, 2.75) is 66.1 Å². The highest BCUT2D eigenvalue weighted by Gasteiger charge is 2.18. The summed E-state index contributed by atoms with van der Waals surface area (Å²) in [6, 6.07) is 0. The molecule has 17 heavy (non-hydrogen) atoms. The van der Waals surface area contributed by atoms with Crippen molar-refractivity contribution < 1.29 is 0 Å². The van der Waals surface area contributed by atoms with Gasteiger partial charge in [0.05, 0.1) is 16.4 Å². The molecule has 0 amide bonds. The van der Waals surface area contributed by atoms with Gasteiger partial charge in [-0.1, -0.05) is 25.4 Å². The van der Waals surface area contributed by atoms with Crippen LogP contribution in [0.25, 0.3) is 0 Å². The molecule has 1 aromatic rings. The molecule has 0 saturated carbocycles. The summed E-state index contributed by atoms with van der Waals surface area (Å²) in [6.07, 6.45) is 1.97. The van der Waals surface area contributed by atoms with Gasteiger partial charge in [0.1, 0.15) is 0 Å². The molecule has 1 rings (SSSR count). The molecule has 0 fully saturated rings. The molecule has 0 aliphatic carbocycles. The number of aryl methyl sites for hydroxylation is 2. The molecule has 0 atom stereocenters. The number of rotatable bonds is 6. The zero-order valence-electron chi connectivity index (χ0n) is 11.6. The molecular weight excluding hydrogens is 234 g/mol. The molecular formula is C13H24ClN3. The van der Waals surface area contributed by atoms with Crippen molar-refractivity contribution in [3.8, 4) is 0 Å². The molecule has 98 valence electrons. The monoisotopic (exact) mass is 257 g/mol. The third-order valence-electron chi connectivity index (χ3n) is 3.31. The van der Waals surface area contributed by atoms with Gasteiger partial charge in [0.15, 0.2) is 0 Å². The highest BCUT2D eigenvalue weighted by molar-refractivity contribution is 6.31. The van der Waals surface area contributed by atoms with E-state index < -0.39 is 0 Å². The van der Waals surface area contributed by atoms with E-state index in [2.05, 4.69) is 45.0 Å². The summed E-state index contributed by atoms with van der Waals surface area (Å²) in [7, 11) is 0. The molecule has 1 N–H and O–H groups in total. The first-order valence-electron chi connectivity index (χ1n) is 6.44. The smallest absolute Gasteiger partial charge is 0.0863 e. The molecule has 1 heterocycles. The third kappa shape index (κ3) is 3.46. The molecule has 1 aromatic heterocycles. The highest BCUT2D eigenvalue weighted by atomic mass is 35.5. The number of aromatic nitrogens is 2. The zero-order valence-corrected chi connectivity index (χ0v) is 12.4. The van der Waals surface area contributed by atoms with Gasteiger partial charge in [-0.05, 0) is 33.6 Å². The van der Waals surface area contributed by atoms with Crippen molar-refractivity contribution >= 4 is 11.6 Å². The molecule has 0 spiro atoms. The quantitative estimate of drug-likeness (QED) is 0.847. The summed E-state index contributed by atoms with van der Waals surface area (Å²) in [6.45, 7) is 12.4. The van der Waals surface area contributed by atoms with Crippen LogP contribution in [0.4, 0.5) is 0 Å². The van der Waals surface area contributed by atoms with E-state index in [4.69, 9.17) is 11.6 Å². The van der Waals surface area contributed by atoms with Crippen molar-refractivity contribution in [1.29, 1.82) is 0 Å². The number of hydrogen-bond acceptors (Lipinski definition) is 2. The fourth-order valence-electron chi connectivity index (χ4n) is 1.63. The maximum absolute atomic E-state index is 6.36. The van der Waals surface area contributed by atoms with Gasteiger partial charge in [-0.25, -0.2) is 0 Å². The lowest BCUT2D eigenvalue weighted by molar-refractivity contribution is 0.367. The second-order valence-corrected chi connectivity index (χ2v) is 5.35. The summed E-state index contributed by atoms with van der Waals surface area (Å²) in [5.41, 5.74) is 2.24. The minimum absolute atomic E-state index is 0.137. The maximum Gasteiger partial charge on any atom is 0.0863 e. The van der Waals surface area contributed by atoms with Crippen molar-refractivity contribution in [3.05, 3.63) is 16.4 Å². The van der Waals surface area contributed by atoms with Crippen LogP contribution in [0.1, 0.15) is 52.4 Å². The molecule has 0 unspecified atom stereocenters. The Balaban J connectivity index is 2.86. The van der Waals surface area contributed by atoms with E-state index in [0.29, 0.717) is 0 Å². The number of nitrogens with one attached hydrogen (secondary N) is 1. The van der Waals surface area contributed by atoms with Crippen LogP contribution in [0.5, 0.6) is 0 Å². The molecule has 3 nitrogen and oxygen atoms in total. The van der Waals surface area contributed by atoms with Crippen LogP contribution in [-0.2, 0) is 19.5 Å². The van der Waals surface area contributed by atoms with Crippen LogP contribution in [0.2, 0.25) is 5.02 Å². The van der Waals surface area contributed by atoms with Crippen LogP contribution < -0.4 is 5.32 Å². The van der Waals surface area contributed by atoms with Crippen LogP contribution in [-0.4, -0.2) is 15.3 Å². The van der Waals surface area contributed by atoms with Crippen LogP contribution in [0.15, 0.2) is 0 Å². The Morgan fingerprint density at radius 2 is 1.94 bits per heavy atom. The lowest BCUT2D eigenvalue weighted by atomic mass is 10.0. The van der Waals surface area contributed by atoms with E-state index in [1.165, 1.54) is 0 Å². The summed E-state index contributed by atoms with van der Waals surface area (Å²) in [5.74, 6) is 0. The predicted octanol–water partition coefficient (Wildman–Crippen LogP) is 3.40. The van der Waals surface area contributed by atoms with Crippen molar-refractivity contribution in [1.82, 2.24) is 15.1 Å². The van der Waals surface area contributed by atoms with E-state index in [1.54, 1.807) is 0 Å². The normalized spacial score (nSPS) is 12.1. The van der Waals surface area contributed by atoms with E-state index in [-0.39, 0.29) is 5.54 Å².